The Bertz CT molecular complexity index is 1050. The third-order valence-corrected chi connectivity index (χ3v) is 8.94. The molecule has 33 heavy (non-hydrogen) atoms. The van der Waals surface area contributed by atoms with Crippen molar-refractivity contribution in [2.45, 2.75) is 12.2 Å². The first-order chi connectivity index (χ1) is 16.3. The predicted molar refractivity (Wildman–Crippen MR) is 139 cm³/mol. The van der Waals surface area contributed by atoms with Crippen LogP contribution < -0.4 is 10.4 Å². The van der Waals surface area contributed by atoms with Gasteiger partial charge in [-0.15, -0.1) is 13.2 Å². The first-order valence-corrected chi connectivity index (χ1v) is 12.9. The molecule has 4 aromatic rings. The SMILES string of the molecule is C=C[C@@H](O[Si](O[C@H](C=C)c1ccccc1)(c1ccccc1)c1ccccc1)c1ccccc1. The lowest BCUT2D eigenvalue weighted by molar-refractivity contribution is 0.134. The van der Waals surface area contributed by atoms with E-state index in [0.717, 1.165) is 21.5 Å². The number of rotatable bonds is 10. The topological polar surface area (TPSA) is 18.5 Å². The molecule has 0 aliphatic carbocycles. The van der Waals surface area contributed by atoms with Crippen LogP contribution in [0.5, 0.6) is 0 Å². The Balaban J connectivity index is 1.88. The Labute approximate surface area is 197 Å². The van der Waals surface area contributed by atoms with Gasteiger partial charge in [-0.2, -0.15) is 0 Å². The van der Waals surface area contributed by atoms with Crippen LogP contribution in [-0.2, 0) is 8.85 Å². The third kappa shape index (κ3) is 5.12. The van der Waals surface area contributed by atoms with E-state index in [9.17, 15) is 0 Å². The smallest absolute Gasteiger partial charge is 0.377 e. The summed E-state index contributed by atoms with van der Waals surface area (Å²) in [6.07, 6.45) is 3.02. The van der Waals surface area contributed by atoms with Crippen molar-refractivity contribution < 1.29 is 8.85 Å². The fourth-order valence-electron chi connectivity index (χ4n) is 3.93. The Morgan fingerprint density at radius 3 is 1.09 bits per heavy atom. The maximum atomic E-state index is 7.05. The van der Waals surface area contributed by atoms with Gasteiger partial charge in [-0.25, -0.2) is 0 Å². The molecule has 4 aromatic carbocycles. The molecule has 0 N–H and O–H groups in total. The average Bonchev–Trinajstić information content (AvgIpc) is 2.91. The second kappa shape index (κ2) is 10.9. The quantitative estimate of drug-likeness (QED) is 0.215. The average molecular weight is 449 g/mol. The lowest BCUT2D eigenvalue weighted by atomic mass is 10.1. The number of hydrogen-bond donors (Lipinski definition) is 0. The molecule has 0 heterocycles. The predicted octanol–water partition coefficient (Wildman–Crippen LogP) is 6.13. The summed E-state index contributed by atoms with van der Waals surface area (Å²) in [4.78, 5) is 0. The van der Waals surface area contributed by atoms with Gasteiger partial charge in [0.05, 0.1) is 12.2 Å². The largest absolute Gasteiger partial charge is 0.408 e. The summed E-state index contributed by atoms with van der Waals surface area (Å²) in [7, 11) is -3.22. The van der Waals surface area contributed by atoms with Gasteiger partial charge in [0.15, 0.2) is 0 Å². The Morgan fingerprint density at radius 1 is 0.485 bits per heavy atom. The maximum Gasteiger partial charge on any atom is 0.408 e. The van der Waals surface area contributed by atoms with Crippen LogP contribution in [0.4, 0.5) is 0 Å². The first-order valence-electron chi connectivity index (χ1n) is 11.1. The van der Waals surface area contributed by atoms with Crippen LogP contribution in [-0.4, -0.2) is 8.56 Å². The number of hydrogen-bond acceptors (Lipinski definition) is 2. The van der Waals surface area contributed by atoms with Gasteiger partial charge in [-0.05, 0) is 21.5 Å². The minimum absolute atomic E-state index is 0.334. The van der Waals surface area contributed by atoms with E-state index in [0.29, 0.717) is 0 Å². The second-order valence-corrected chi connectivity index (χ2v) is 10.6. The molecule has 0 bridgehead atoms. The molecular formula is C30H28O2Si. The van der Waals surface area contributed by atoms with Gasteiger partial charge in [0, 0.05) is 0 Å². The van der Waals surface area contributed by atoms with Crippen LogP contribution in [0.1, 0.15) is 23.3 Å². The Kier molecular flexibility index (Phi) is 7.48. The zero-order valence-corrected chi connectivity index (χ0v) is 19.6. The second-order valence-electron chi connectivity index (χ2n) is 7.72. The molecule has 4 rings (SSSR count). The van der Waals surface area contributed by atoms with Crippen LogP contribution in [0.2, 0.25) is 0 Å². The molecule has 0 spiro atoms. The molecular weight excluding hydrogens is 420 g/mol. The zero-order valence-electron chi connectivity index (χ0n) is 18.6. The van der Waals surface area contributed by atoms with Crippen molar-refractivity contribution in [2.24, 2.45) is 0 Å². The molecule has 0 aliphatic rings. The van der Waals surface area contributed by atoms with Crippen molar-refractivity contribution in [1.82, 2.24) is 0 Å². The highest BCUT2D eigenvalue weighted by molar-refractivity contribution is 6.92. The van der Waals surface area contributed by atoms with Gasteiger partial charge in [-0.3, -0.25) is 0 Å². The van der Waals surface area contributed by atoms with E-state index in [1.165, 1.54) is 0 Å². The van der Waals surface area contributed by atoms with E-state index in [1.807, 2.05) is 84.9 Å². The fourth-order valence-corrected chi connectivity index (χ4v) is 7.30. The molecule has 0 radical (unpaired) electrons. The van der Waals surface area contributed by atoms with E-state index >= 15 is 0 Å². The molecule has 0 saturated carbocycles. The van der Waals surface area contributed by atoms with Gasteiger partial charge in [-0.1, -0.05) is 133 Å². The van der Waals surface area contributed by atoms with Crippen LogP contribution in [0, 0.1) is 0 Å². The lowest BCUT2D eigenvalue weighted by Gasteiger charge is -2.37. The van der Waals surface area contributed by atoms with E-state index in [1.54, 1.807) is 0 Å². The molecule has 0 saturated heterocycles. The zero-order chi connectivity index (χ0) is 22.9. The Morgan fingerprint density at radius 2 is 0.788 bits per heavy atom. The summed E-state index contributed by atoms with van der Waals surface area (Å²) in [6, 6.07) is 40.8. The highest BCUT2D eigenvalue weighted by Gasteiger charge is 2.46. The molecule has 0 aromatic heterocycles. The van der Waals surface area contributed by atoms with Gasteiger partial charge < -0.3 is 8.85 Å². The van der Waals surface area contributed by atoms with Gasteiger partial charge in [0.25, 0.3) is 0 Å². The summed E-state index contributed by atoms with van der Waals surface area (Å²) in [6.45, 7) is 8.18. The normalized spacial score (nSPS) is 13.1. The maximum absolute atomic E-state index is 7.05. The molecule has 0 fully saturated rings. The van der Waals surface area contributed by atoms with Crippen molar-refractivity contribution in [1.29, 1.82) is 0 Å². The molecule has 2 nitrogen and oxygen atoms in total. The van der Waals surface area contributed by atoms with Gasteiger partial charge >= 0.3 is 8.56 Å². The summed E-state index contributed by atoms with van der Waals surface area (Å²) >= 11 is 0. The third-order valence-electron chi connectivity index (χ3n) is 5.58. The lowest BCUT2D eigenvalue weighted by Crippen LogP contribution is -2.64. The molecule has 0 amide bonds. The van der Waals surface area contributed by atoms with Gasteiger partial charge in [0.1, 0.15) is 0 Å². The van der Waals surface area contributed by atoms with Crippen molar-refractivity contribution in [2.75, 3.05) is 0 Å². The highest BCUT2D eigenvalue weighted by Crippen LogP contribution is 2.29. The summed E-state index contributed by atoms with van der Waals surface area (Å²) in [5, 5.41) is 2.06. The Hall–Kier alpha value is -3.50. The van der Waals surface area contributed by atoms with E-state index < -0.39 is 8.56 Å². The summed E-state index contributed by atoms with van der Waals surface area (Å²) < 4.78 is 14.1. The van der Waals surface area contributed by atoms with E-state index in [4.69, 9.17) is 8.85 Å². The molecule has 3 heteroatoms. The van der Waals surface area contributed by atoms with E-state index in [-0.39, 0.29) is 12.2 Å². The molecule has 0 unspecified atom stereocenters. The number of benzene rings is 4. The van der Waals surface area contributed by atoms with Crippen LogP contribution in [0.3, 0.4) is 0 Å². The minimum atomic E-state index is -3.22. The molecule has 2 atom stereocenters. The molecule has 164 valence electrons. The van der Waals surface area contributed by atoms with Crippen molar-refractivity contribution in [3.8, 4) is 0 Å². The fraction of sp³-hybridized carbons (Fsp3) is 0.0667. The van der Waals surface area contributed by atoms with Crippen molar-refractivity contribution >= 4 is 18.9 Å². The first kappa shape index (κ1) is 22.7. The highest BCUT2D eigenvalue weighted by atomic mass is 28.4. The van der Waals surface area contributed by atoms with Crippen LogP contribution in [0.15, 0.2) is 147 Å². The monoisotopic (exact) mass is 448 g/mol. The summed E-state index contributed by atoms with van der Waals surface area (Å²) in [5.41, 5.74) is 2.07. The van der Waals surface area contributed by atoms with Crippen LogP contribution >= 0.6 is 0 Å². The summed E-state index contributed by atoms with van der Waals surface area (Å²) in [5.74, 6) is 0. The standard InChI is InChI=1S/C30H28O2Si/c1-3-29(25-17-9-5-10-18-25)31-33(27-21-13-7-14-22-27,28-23-15-8-16-24-28)32-30(4-2)26-19-11-6-12-20-26/h3-24,29-30H,1-2H2/t29-,30-/m1/s1. The van der Waals surface area contributed by atoms with Crippen molar-refractivity contribution in [3.05, 3.63) is 158 Å². The minimum Gasteiger partial charge on any atom is -0.377 e. The van der Waals surface area contributed by atoms with Crippen LogP contribution in [0.25, 0.3) is 0 Å². The molecule has 0 aliphatic heterocycles. The van der Waals surface area contributed by atoms with Gasteiger partial charge in [0.2, 0.25) is 0 Å². The van der Waals surface area contributed by atoms with E-state index in [2.05, 4.69) is 61.7 Å². The van der Waals surface area contributed by atoms with Crippen molar-refractivity contribution in [3.63, 3.8) is 0 Å².